The summed E-state index contributed by atoms with van der Waals surface area (Å²) in [6, 6.07) is -7.02. The maximum absolute atomic E-state index is 14.1. The minimum absolute atomic E-state index is 0.0619. The van der Waals surface area contributed by atoms with Crippen molar-refractivity contribution in [3.63, 3.8) is 0 Å². The van der Waals surface area contributed by atoms with E-state index in [-0.39, 0.29) is 57.0 Å². The van der Waals surface area contributed by atoms with Crippen LogP contribution in [-0.2, 0) is 54.4 Å². The number of benzene rings is 1. The Labute approximate surface area is 423 Å². The normalized spacial score (nSPS) is 17.3. The Balaban J connectivity index is 2.35. The van der Waals surface area contributed by atoms with Gasteiger partial charge in [-0.2, -0.15) is 0 Å². The maximum Gasteiger partial charge on any atom is 0.325 e. The molecule has 1 aromatic rings. The summed E-state index contributed by atoms with van der Waals surface area (Å²) in [6.07, 6.45) is -0.730. The SMILES string of the molecule is CC[C@H](C)[C@H](NC(=O)[C@@H](NC(=O)[C@H](Cc1ccc(O)cc1)NC(=O)[C@H](CO)NC(=O)[C@H](CCCNC(=N)N)NC(=O)[C@@H]1CCCN1C(=O)CN)[C@@H](C)O)C(=O)N[C@@H](C)C(=O)N[C@H](C(=O)N[C@@H](C)C(=O)O)C(C)C. The van der Waals surface area contributed by atoms with Crippen LogP contribution in [-0.4, -0.2) is 177 Å². The lowest BCUT2D eigenvalue weighted by atomic mass is 9.97. The molecule has 1 aliphatic rings. The van der Waals surface area contributed by atoms with Gasteiger partial charge in [0.2, 0.25) is 53.2 Å². The zero-order valence-electron chi connectivity index (χ0n) is 42.3. The summed E-state index contributed by atoms with van der Waals surface area (Å²) < 4.78 is 0. The molecule has 0 spiro atoms. The maximum atomic E-state index is 14.1. The first-order valence-electron chi connectivity index (χ1n) is 24.1. The number of phenolic OH excluding ortho intramolecular Hbond substituents is 1. The van der Waals surface area contributed by atoms with Gasteiger partial charge in [0.15, 0.2) is 5.96 Å². The molecule has 9 amide bonds. The fourth-order valence-electron chi connectivity index (χ4n) is 7.49. The van der Waals surface area contributed by atoms with Crippen molar-refractivity contribution in [2.45, 2.75) is 147 Å². The lowest BCUT2D eigenvalue weighted by Gasteiger charge is -2.30. The van der Waals surface area contributed by atoms with Crippen LogP contribution in [0.25, 0.3) is 0 Å². The van der Waals surface area contributed by atoms with Gasteiger partial charge in [-0.1, -0.05) is 46.2 Å². The van der Waals surface area contributed by atoms with Crippen molar-refractivity contribution >= 4 is 65.1 Å². The third-order valence-electron chi connectivity index (χ3n) is 12.1. The molecule has 18 N–H and O–H groups in total. The highest BCUT2D eigenvalue weighted by Crippen LogP contribution is 2.18. The van der Waals surface area contributed by atoms with Gasteiger partial charge < -0.3 is 84.6 Å². The molecule has 0 aliphatic carbocycles. The molecule has 0 unspecified atom stereocenters. The summed E-state index contributed by atoms with van der Waals surface area (Å²) >= 11 is 0. The predicted octanol–water partition coefficient (Wildman–Crippen LogP) is -4.77. The van der Waals surface area contributed by atoms with Crippen molar-refractivity contribution in [1.82, 2.24) is 52.8 Å². The molecule has 1 saturated heterocycles. The van der Waals surface area contributed by atoms with E-state index < -0.39 is 138 Å². The van der Waals surface area contributed by atoms with E-state index in [2.05, 4.69) is 47.9 Å². The molecule has 0 bridgehead atoms. The number of phenols is 1. The van der Waals surface area contributed by atoms with Crippen molar-refractivity contribution in [3.8, 4) is 5.75 Å². The first-order valence-corrected chi connectivity index (χ1v) is 24.1. The molecular weight excluding hydrogens is 959 g/mol. The molecule has 73 heavy (non-hydrogen) atoms. The van der Waals surface area contributed by atoms with Crippen LogP contribution in [0.3, 0.4) is 0 Å². The minimum atomic E-state index is -1.78. The highest BCUT2D eigenvalue weighted by molar-refractivity contribution is 5.98. The average Bonchev–Trinajstić information content (AvgIpc) is 3.84. The number of nitrogens with one attached hydrogen (secondary N) is 10. The van der Waals surface area contributed by atoms with Gasteiger partial charge in [-0.15, -0.1) is 0 Å². The number of carbonyl (C=O) groups excluding carboxylic acids is 9. The number of guanidine groups is 1. The van der Waals surface area contributed by atoms with E-state index in [0.29, 0.717) is 18.4 Å². The average molecular weight is 1030 g/mol. The van der Waals surface area contributed by atoms with Crippen molar-refractivity contribution in [2.75, 3.05) is 26.2 Å². The summed E-state index contributed by atoms with van der Waals surface area (Å²) in [5.74, 6) is -10.6. The van der Waals surface area contributed by atoms with E-state index in [0.717, 1.165) is 0 Å². The summed E-state index contributed by atoms with van der Waals surface area (Å²) in [7, 11) is 0. The van der Waals surface area contributed by atoms with Gasteiger partial charge in [-0.3, -0.25) is 53.4 Å². The predicted molar refractivity (Wildman–Crippen MR) is 262 cm³/mol. The summed E-state index contributed by atoms with van der Waals surface area (Å²) in [4.78, 5) is 134. The molecule has 1 aliphatic heterocycles. The first-order chi connectivity index (χ1) is 34.3. The number of hydrogen-bond donors (Lipinski definition) is 16. The number of amides is 9. The Kier molecular flexibility index (Phi) is 25.5. The van der Waals surface area contributed by atoms with Crippen LogP contribution >= 0.6 is 0 Å². The third-order valence-corrected chi connectivity index (χ3v) is 12.1. The number of aromatic hydroxyl groups is 1. The van der Waals surface area contributed by atoms with E-state index in [1.165, 1.54) is 49.9 Å². The topological polar surface area (TPSA) is 439 Å². The van der Waals surface area contributed by atoms with E-state index in [9.17, 15) is 68.4 Å². The molecule has 1 heterocycles. The van der Waals surface area contributed by atoms with Crippen LogP contribution in [0.4, 0.5) is 0 Å². The smallest absolute Gasteiger partial charge is 0.325 e. The van der Waals surface area contributed by atoms with Crippen molar-refractivity contribution in [2.24, 2.45) is 23.3 Å². The van der Waals surface area contributed by atoms with Gasteiger partial charge in [0.1, 0.15) is 60.1 Å². The van der Waals surface area contributed by atoms with Crippen LogP contribution in [0, 0.1) is 17.2 Å². The number of rotatable bonds is 29. The Bertz CT molecular complexity index is 2110. The summed E-state index contributed by atoms with van der Waals surface area (Å²) in [5, 5.41) is 69.9. The van der Waals surface area contributed by atoms with Gasteiger partial charge in [0.05, 0.1) is 19.3 Å². The lowest BCUT2D eigenvalue weighted by molar-refractivity contribution is -0.142. The van der Waals surface area contributed by atoms with Gasteiger partial charge in [-0.25, -0.2) is 0 Å². The number of carboxylic acids is 1. The first kappa shape index (κ1) is 62.0. The Morgan fingerprint density at radius 2 is 1.25 bits per heavy atom. The quantitative estimate of drug-likeness (QED) is 0.0203. The molecule has 1 aromatic carbocycles. The molecule has 1 fully saturated rings. The third kappa shape index (κ3) is 19.8. The number of hydrogen-bond acceptors (Lipinski definition) is 15. The highest BCUT2D eigenvalue weighted by atomic mass is 16.4. The number of nitrogens with two attached hydrogens (primary N) is 2. The molecule has 408 valence electrons. The molecule has 11 atom stereocenters. The standard InChI is InChI=1S/C46H75N13O14/c1-8-23(4)35(43(70)51-24(5)37(64)56-34(22(2)3)42(69)52-25(6)45(72)73)57-44(71)36(26(7)61)58-39(66)30(19-27-13-15-28(62)16-14-27)54-40(67)31(21-60)55-38(65)29(11-9-17-50-46(48)49)53-41(68)32-12-10-18-59(32)33(63)20-47/h13-16,22-26,29-32,34-36,60-62H,8-12,17-21,47H2,1-7H3,(H,51,70)(H,52,69)(H,53,68)(H,54,67)(H,55,65)(H,56,64)(H,57,71)(H,58,66)(H,72,73)(H4,48,49,50)/t23-,24-,25-,26+,29-,30-,31-,32-,34-,35-,36-/m0/s1. The Morgan fingerprint density at radius 1 is 0.712 bits per heavy atom. The molecule has 0 aromatic heterocycles. The van der Waals surface area contributed by atoms with Crippen LogP contribution in [0.1, 0.15) is 86.1 Å². The number of aliphatic carboxylic acids is 1. The van der Waals surface area contributed by atoms with E-state index >= 15 is 0 Å². The number of nitrogens with zero attached hydrogens (tertiary/aromatic N) is 1. The second-order valence-electron chi connectivity index (χ2n) is 18.3. The molecule has 2 rings (SSSR count). The van der Waals surface area contributed by atoms with E-state index in [4.69, 9.17) is 16.9 Å². The summed E-state index contributed by atoms with van der Waals surface area (Å²) in [5.41, 5.74) is 11.3. The van der Waals surface area contributed by atoms with Crippen molar-refractivity contribution in [3.05, 3.63) is 29.8 Å². The van der Waals surface area contributed by atoms with Crippen LogP contribution in [0.5, 0.6) is 5.75 Å². The van der Waals surface area contributed by atoms with Gasteiger partial charge in [0, 0.05) is 19.5 Å². The number of aliphatic hydroxyl groups excluding tert-OH is 2. The van der Waals surface area contributed by atoms with Crippen molar-refractivity contribution in [1.29, 1.82) is 5.41 Å². The number of carbonyl (C=O) groups is 10. The highest BCUT2D eigenvalue weighted by Gasteiger charge is 2.38. The molecule has 0 radical (unpaired) electrons. The largest absolute Gasteiger partial charge is 0.508 e. The zero-order valence-corrected chi connectivity index (χ0v) is 42.3. The molecule has 27 nitrogen and oxygen atoms in total. The second kappa shape index (κ2) is 30.0. The molecular formula is C46H75N13O14. The van der Waals surface area contributed by atoms with Crippen LogP contribution in [0.15, 0.2) is 24.3 Å². The van der Waals surface area contributed by atoms with Crippen LogP contribution < -0.4 is 59.3 Å². The zero-order chi connectivity index (χ0) is 55.3. The molecule has 27 heteroatoms. The lowest BCUT2D eigenvalue weighted by Crippen LogP contribution is -2.63. The fraction of sp³-hybridized carbons (Fsp3) is 0.630. The monoisotopic (exact) mass is 1030 g/mol. The number of aliphatic hydroxyl groups is 2. The van der Waals surface area contributed by atoms with E-state index in [1.807, 2.05) is 0 Å². The van der Waals surface area contributed by atoms with Crippen molar-refractivity contribution < 1.29 is 68.4 Å². The van der Waals surface area contributed by atoms with Gasteiger partial charge in [-0.05, 0) is 76.0 Å². The Morgan fingerprint density at radius 3 is 1.79 bits per heavy atom. The number of carboxylic acid groups (broad SMARTS) is 1. The van der Waals surface area contributed by atoms with Gasteiger partial charge >= 0.3 is 5.97 Å². The van der Waals surface area contributed by atoms with Gasteiger partial charge in [0.25, 0.3) is 0 Å². The number of likely N-dealkylation sites (tertiary alicyclic amines) is 1. The second-order valence-corrected chi connectivity index (χ2v) is 18.3. The fourth-order valence-corrected chi connectivity index (χ4v) is 7.49. The minimum Gasteiger partial charge on any atom is -0.508 e. The molecule has 0 saturated carbocycles. The Hall–Kier alpha value is -7.13. The van der Waals surface area contributed by atoms with Crippen LogP contribution in [0.2, 0.25) is 0 Å². The summed E-state index contributed by atoms with van der Waals surface area (Å²) in [6.45, 7) is 9.31. The van der Waals surface area contributed by atoms with E-state index in [1.54, 1.807) is 27.7 Å².